The van der Waals surface area contributed by atoms with E-state index in [2.05, 4.69) is 0 Å². The van der Waals surface area contributed by atoms with Crippen molar-refractivity contribution in [3.8, 4) is 0 Å². The average molecular weight is 391 g/mol. The summed E-state index contributed by atoms with van der Waals surface area (Å²) in [7, 11) is -3.36. The smallest absolute Gasteiger partial charge is 0.338 e. The van der Waals surface area contributed by atoms with Gasteiger partial charge in [0.25, 0.3) is 0 Å². The molecule has 0 fully saturated rings. The van der Waals surface area contributed by atoms with Crippen LogP contribution in [-0.4, -0.2) is 39.6 Å². The second-order valence-electron chi connectivity index (χ2n) is 6.39. The van der Waals surface area contributed by atoms with Crippen molar-refractivity contribution in [2.75, 3.05) is 23.7 Å². The Hall–Kier alpha value is -2.74. The molecule has 0 amide bonds. The van der Waals surface area contributed by atoms with E-state index >= 15 is 0 Å². The summed E-state index contributed by atoms with van der Waals surface area (Å²) in [5.74, 6) is -1.73. The number of ketones is 1. The number of Topliss-reactive ketones (excluding diaryl/α,β-unsaturated/α-hetero) is 1. The molecule has 3 rings (SSSR count). The van der Waals surface area contributed by atoms with Crippen molar-refractivity contribution < 1.29 is 27.1 Å². The first kappa shape index (κ1) is 19.0. The van der Waals surface area contributed by atoms with E-state index < -0.39 is 34.2 Å². The van der Waals surface area contributed by atoms with Gasteiger partial charge in [-0.25, -0.2) is 17.6 Å². The summed E-state index contributed by atoms with van der Waals surface area (Å²) in [6.45, 7) is 1.43. The van der Waals surface area contributed by atoms with Gasteiger partial charge >= 0.3 is 5.97 Å². The highest BCUT2D eigenvalue weighted by Gasteiger charge is 2.26. The molecule has 2 aromatic rings. The zero-order chi connectivity index (χ0) is 19.8. The number of esters is 1. The molecular weight excluding hydrogens is 373 g/mol. The number of carbonyl (C=O) groups is 2. The Morgan fingerprint density at radius 2 is 1.85 bits per heavy atom. The lowest BCUT2D eigenvalue weighted by molar-refractivity contribution is 0.0474. The van der Waals surface area contributed by atoms with Crippen LogP contribution < -0.4 is 4.31 Å². The van der Waals surface area contributed by atoms with E-state index in [0.717, 1.165) is 17.9 Å². The monoisotopic (exact) mass is 391 g/mol. The van der Waals surface area contributed by atoms with E-state index in [1.54, 1.807) is 19.1 Å². The first-order chi connectivity index (χ1) is 12.7. The van der Waals surface area contributed by atoms with Gasteiger partial charge in [0.05, 0.1) is 17.5 Å². The number of anilines is 1. The van der Waals surface area contributed by atoms with Gasteiger partial charge in [0.2, 0.25) is 10.0 Å². The Morgan fingerprint density at radius 1 is 1.15 bits per heavy atom. The highest BCUT2D eigenvalue weighted by atomic mass is 32.2. The molecule has 8 heteroatoms. The Balaban J connectivity index is 1.68. The summed E-state index contributed by atoms with van der Waals surface area (Å²) in [5, 5.41) is 0. The van der Waals surface area contributed by atoms with Crippen LogP contribution in [-0.2, 0) is 21.2 Å². The fraction of sp³-hybridized carbons (Fsp3) is 0.263. The zero-order valence-corrected chi connectivity index (χ0v) is 15.7. The minimum absolute atomic E-state index is 0.0312. The van der Waals surface area contributed by atoms with Crippen molar-refractivity contribution in [1.29, 1.82) is 0 Å². The predicted octanol–water partition coefficient (Wildman–Crippen LogP) is 2.50. The number of carbonyl (C=O) groups excluding carboxylic acids is 2. The first-order valence-corrected chi connectivity index (χ1v) is 10.1. The minimum atomic E-state index is -3.36. The van der Waals surface area contributed by atoms with Crippen molar-refractivity contribution in [2.24, 2.45) is 0 Å². The third-order valence-corrected chi connectivity index (χ3v) is 5.58. The van der Waals surface area contributed by atoms with Gasteiger partial charge in [0, 0.05) is 12.1 Å². The van der Waals surface area contributed by atoms with Gasteiger partial charge in [-0.05, 0) is 54.8 Å². The molecule has 27 heavy (non-hydrogen) atoms. The molecule has 1 aliphatic heterocycles. The third kappa shape index (κ3) is 4.00. The number of benzene rings is 2. The molecule has 0 N–H and O–H groups in total. The van der Waals surface area contributed by atoms with Crippen molar-refractivity contribution >= 4 is 27.5 Å². The molecule has 1 aliphatic rings. The second-order valence-corrected chi connectivity index (χ2v) is 8.30. The Morgan fingerprint density at radius 3 is 2.52 bits per heavy atom. The lowest BCUT2D eigenvalue weighted by Gasteiger charge is -2.16. The standard InChI is InChI=1S/C19H18FNO5S/c1-12-3-4-15(10-16(12)20)19(23)26-11-18(22)14-5-6-17-13(9-14)7-8-21(17)27(2,24)25/h3-6,9-10H,7-8,11H2,1-2H3. The molecule has 0 radical (unpaired) electrons. The molecule has 0 bridgehead atoms. The summed E-state index contributed by atoms with van der Waals surface area (Å²) >= 11 is 0. The topological polar surface area (TPSA) is 80.8 Å². The summed E-state index contributed by atoms with van der Waals surface area (Å²) < 4.78 is 43.3. The number of nitrogens with zero attached hydrogens (tertiary/aromatic N) is 1. The second kappa shape index (κ2) is 7.11. The van der Waals surface area contributed by atoms with Crippen LogP contribution in [0.4, 0.5) is 10.1 Å². The summed E-state index contributed by atoms with van der Waals surface area (Å²) in [6.07, 6.45) is 1.64. The van der Waals surface area contributed by atoms with Gasteiger partial charge in [-0.15, -0.1) is 0 Å². The maximum atomic E-state index is 13.5. The fourth-order valence-corrected chi connectivity index (χ4v) is 3.87. The molecule has 0 unspecified atom stereocenters. The van der Waals surface area contributed by atoms with E-state index in [9.17, 15) is 22.4 Å². The van der Waals surface area contributed by atoms with Crippen molar-refractivity contribution in [3.05, 3.63) is 64.5 Å². The first-order valence-electron chi connectivity index (χ1n) is 8.24. The molecule has 0 saturated carbocycles. The lowest BCUT2D eigenvalue weighted by Crippen LogP contribution is -2.27. The van der Waals surface area contributed by atoms with Crippen LogP contribution in [0.1, 0.15) is 31.8 Å². The number of aryl methyl sites for hydroxylation is 1. The molecule has 0 aromatic heterocycles. The molecule has 2 aromatic carbocycles. The van der Waals surface area contributed by atoms with Crippen LogP contribution in [0.5, 0.6) is 0 Å². The van der Waals surface area contributed by atoms with E-state index in [1.807, 2.05) is 0 Å². The van der Waals surface area contributed by atoms with Gasteiger partial charge in [-0.2, -0.15) is 0 Å². The summed E-state index contributed by atoms with van der Waals surface area (Å²) in [6, 6.07) is 8.65. The van der Waals surface area contributed by atoms with E-state index in [-0.39, 0.29) is 5.56 Å². The Bertz CT molecular complexity index is 1030. The predicted molar refractivity (Wildman–Crippen MR) is 98.1 cm³/mol. The van der Waals surface area contributed by atoms with Gasteiger partial charge in [-0.1, -0.05) is 6.07 Å². The maximum Gasteiger partial charge on any atom is 0.338 e. The Kier molecular flexibility index (Phi) is 5.01. The molecule has 0 atom stereocenters. The number of hydrogen-bond donors (Lipinski definition) is 0. The number of sulfonamides is 1. The largest absolute Gasteiger partial charge is 0.454 e. The molecule has 0 spiro atoms. The molecule has 0 saturated heterocycles. The fourth-order valence-electron chi connectivity index (χ4n) is 2.91. The number of fused-ring (bicyclic) bond motifs is 1. The molecule has 142 valence electrons. The zero-order valence-electron chi connectivity index (χ0n) is 14.9. The van der Waals surface area contributed by atoms with E-state index in [4.69, 9.17) is 4.74 Å². The number of rotatable bonds is 5. The average Bonchev–Trinajstić information content (AvgIpc) is 3.05. The van der Waals surface area contributed by atoms with Gasteiger partial charge in [0.15, 0.2) is 12.4 Å². The minimum Gasteiger partial charge on any atom is -0.454 e. The van der Waals surface area contributed by atoms with Gasteiger partial charge in [-0.3, -0.25) is 9.10 Å². The number of hydrogen-bond acceptors (Lipinski definition) is 5. The number of halogens is 1. The maximum absolute atomic E-state index is 13.5. The van der Waals surface area contributed by atoms with Crippen molar-refractivity contribution in [3.63, 3.8) is 0 Å². The van der Waals surface area contributed by atoms with Crippen LogP contribution in [0.3, 0.4) is 0 Å². The summed E-state index contributed by atoms with van der Waals surface area (Å²) in [4.78, 5) is 24.3. The van der Waals surface area contributed by atoms with Crippen molar-refractivity contribution in [2.45, 2.75) is 13.3 Å². The molecule has 0 aliphatic carbocycles. The number of ether oxygens (including phenoxy) is 1. The van der Waals surface area contributed by atoms with Crippen LogP contribution in [0.25, 0.3) is 0 Å². The molecular formula is C19H18FNO5S. The Labute approximate surface area is 156 Å². The van der Waals surface area contributed by atoms with E-state index in [1.165, 1.54) is 22.5 Å². The highest BCUT2D eigenvalue weighted by molar-refractivity contribution is 7.92. The third-order valence-electron chi connectivity index (χ3n) is 4.40. The van der Waals surface area contributed by atoms with Crippen LogP contribution in [0.2, 0.25) is 0 Å². The molecule has 1 heterocycles. The quantitative estimate of drug-likeness (QED) is 0.578. The van der Waals surface area contributed by atoms with Crippen LogP contribution >= 0.6 is 0 Å². The van der Waals surface area contributed by atoms with Crippen LogP contribution in [0, 0.1) is 12.7 Å². The SMILES string of the molecule is Cc1ccc(C(=O)OCC(=O)c2ccc3c(c2)CCN3S(C)(=O)=O)cc1F. The highest BCUT2D eigenvalue weighted by Crippen LogP contribution is 2.30. The van der Waals surface area contributed by atoms with Gasteiger partial charge < -0.3 is 4.74 Å². The lowest BCUT2D eigenvalue weighted by atomic mass is 10.1. The molecule has 6 nitrogen and oxygen atoms in total. The van der Waals surface area contributed by atoms with E-state index in [0.29, 0.717) is 29.8 Å². The van der Waals surface area contributed by atoms with Crippen molar-refractivity contribution in [1.82, 2.24) is 0 Å². The van der Waals surface area contributed by atoms with Gasteiger partial charge in [0.1, 0.15) is 5.82 Å². The van der Waals surface area contributed by atoms with Crippen LogP contribution in [0.15, 0.2) is 36.4 Å². The summed E-state index contributed by atoms with van der Waals surface area (Å²) in [5.41, 5.74) is 2.07. The normalized spacial score (nSPS) is 13.4.